The molecule has 1 aliphatic rings. The van der Waals surface area contributed by atoms with E-state index in [0.29, 0.717) is 5.69 Å². The molecule has 0 aliphatic carbocycles. The molecule has 106 valence electrons. The topological polar surface area (TPSA) is 30.0 Å². The van der Waals surface area contributed by atoms with Crippen molar-refractivity contribution in [2.75, 3.05) is 12.3 Å². The molecule has 0 amide bonds. The summed E-state index contributed by atoms with van der Waals surface area (Å²) in [7, 11) is -2.32. The lowest BCUT2D eigenvalue weighted by Gasteiger charge is -2.31. The van der Waals surface area contributed by atoms with E-state index in [4.69, 9.17) is 0 Å². The highest BCUT2D eigenvalue weighted by Gasteiger charge is 2.36. The Kier molecular flexibility index (Phi) is 3.21. The summed E-state index contributed by atoms with van der Waals surface area (Å²) in [6, 6.07) is 5.47. The molecule has 1 saturated heterocycles. The molecule has 2 heterocycles. The predicted octanol–water partition coefficient (Wildman–Crippen LogP) is 4.20. The van der Waals surface area contributed by atoms with Crippen LogP contribution in [0.2, 0.25) is 0 Å². The van der Waals surface area contributed by atoms with Gasteiger partial charge in [-0.2, -0.15) is 0 Å². The Morgan fingerprint density at radius 1 is 1.30 bits per heavy atom. The molecule has 0 bridgehead atoms. The average Bonchev–Trinajstić information content (AvgIpc) is 2.36. The monoisotopic (exact) mass is 291 g/mol. The van der Waals surface area contributed by atoms with Crippen molar-refractivity contribution in [2.24, 2.45) is 0 Å². The van der Waals surface area contributed by atoms with Gasteiger partial charge in [0.2, 0.25) is 0 Å². The van der Waals surface area contributed by atoms with E-state index in [1.54, 1.807) is 6.92 Å². The molecule has 0 saturated carbocycles. The largest absolute Gasteiger partial charge is 0.319 e. The summed E-state index contributed by atoms with van der Waals surface area (Å²) in [6.45, 7) is 5.85. The van der Waals surface area contributed by atoms with Crippen LogP contribution in [0.4, 0.5) is 4.39 Å². The zero-order chi connectivity index (χ0) is 14.5. The lowest BCUT2D eigenvalue weighted by molar-refractivity contribution is 0.570. The fraction of sp³-hybridized carbons (Fsp3) is 0.438. The van der Waals surface area contributed by atoms with E-state index in [0.717, 1.165) is 40.5 Å². The molecule has 0 unspecified atom stereocenters. The summed E-state index contributed by atoms with van der Waals surface area (Å²) < 4.78 is 27.0. The zero-order valence-electron chi connectivity index (χ0n) is 12.1. The average molecular weight is 291 g/mol. The first-order chi connectivity index (χ1) is 9.42. The molecule has 2 nitrogen and oxygen atoms in total. The third-order valence-electron chi connectivity index (χ3n) is 4.20. The van der Waals surface area contributed by atoms with Crippen LogP contribution in [0.15, 0.2) is 18.2 Å². The molecule has 1 fully saturated rings. The smallest absolute Gasteiger partial charge is 0.145 e. The molecule has 0 radical (unpaired) electrons. The molecule has 1 aromatic carbocycles. The van der Waals surface area contributed by atoms with Crippen LogP contribution in [-0.2, 0) is 4.57 Å². The molecule has 20 heavy (non-hydrogen) atoms. The van der Waals surface area contributed by atoms with Crippen molar-refractivity contribution in [1.82, 2.24) is 4.98 Å². The number of pyridine rings is 1. The number of aryl methyl sites for hydroxylation is 1. The maximum atomic E-state index is 13.9. The van der Waals surface area contributed by atoms with Gasteiger partial charge < -0.3 is 4.57 Å². The first kappa shape index (κ1) is 13.8. The van der Waals surface area contributed by atoms with Crippen molar-refractivity contribution < 1.29 is 8.96 Å². The van der Waals surface area contributed by atoms with Gasteiger partial charge in [-0.3, -0.25) is 4.98 Å². The van der Waals surface area contributed by atoms with Crippen molar-refractivity contribution in [3.63, 3.8) is 0 Å². The summed E-state index contributed by atoms with van der Waals surface area (Å²) in [5.41, 5.74) is 2.24. The van der Waals surface area contributed by atoms with Gasteiger partial charge in [0.15, 0.2) is 0 Å². The van der Waals surface area contributed by atoms with Crippen LogP contribution in [0, 0.1) is 12.7 Å². The first-order valence-corrected chi connectivity index (χ1v) is 9.18. The Balaban J connectivity index is 2.39. The third-order valence-corrected chi connectivity index (χ3v) is 7.59. The first-order valence-electron chi connectivity index (χ1n) is 7.11. The molecule has 1 aromatic heterocycles. The fourth-order valence-corrected chi connectivity index (χ4v) is 5.67. The Morgan fingerprint density at radius 2 is 2.00 bits per heavy atom. The van der Waals surface area contributed by atoms with E-state index in [2.05, 4.69) is 18.8 Å². The standard InChI is InChI=1S/C16H19FNOP/c1-10(2)12-5-6-15-13(9-14(17)11(3)18-15)16(12)20(19)7-4-8-20/h5-6,9-10H,4,7-8H2,1-3H3. The Morgan fingerprint density at radius 3 is 2.55 bits per heavy atom. The molecular weight excluding hydrogens is 272 g/mol. The zero-order valence-corrected chi connectivity index (χ0v) is 13.0. The minimum atomic E-state index is -2.32. The molecule has 2 aromatic rings. The van der Waals surface area contributed by atoms with E-state index in [-0.39, 0.29) is 11.7 Å². The van der Waals surface area contributed by atoms with Crippen LogP contribution >= 0.6 is 7.14 Å². The summed E-state index contributed by atoms with van der Waals surface area (Å²) >= 11 is 0. The van der Waals surface area contributed by atoms with E-state index < -0.39 is 7.14 Å². The van der Waals surface area contributed by atoms with E-state index in [9.17, 15) is 8.96 Å². The van der Waals surface area contributed by atoms with Crippen molar-refractivity contribution in [2.45, 2.75) is 33.1 Å². The number of halogens is 1. The van der Waals surface area contributed by atoms with Crippen molar-refractivity contribution in [1.29, 1.82) is 0 Å². The van der Waals surface area contributed by atoms with Gasteiger partial charge in [0.05, 0.1) is 11.2 Å². The Labute approximate surface area is 118 Å². The number of benzene rings is 1. The van der Waals surface area contributed by atoms with Crippen LogP contribution in [0.1, 0.15) is 37.4 Å². The summed E-state index contributed by atoms with van der Waals surface area (Å²) in [5.74, 6) is -0.0306. The highest BCUT2D eigenvalue weighted by atomic mass is 31.2. The SMILES string of the molecule is Cc1nc2ccc(C(C)C)c(P3(=O)CCC3)c2cc1F. The van der Waals surface area contributed by atoms with E-state index >= 15 is 0 Å². The normalized spacial score (nSPS) is 17.4. The van der Waals surface area contributed by atoms with Crippen molar-refractivity contribution >= 4 is 23.3 Å². The number of aromatic nitrogens is 1. The molecule has 4 heteroatoms. The van der Waals surface area contributed by atoms with Gasteiger partial charge in [0, 0.05) is 23.0 Å². The molecule has 3 rings (SSSR count). The van der Waals surface area contributed by atoms with E-state index in [1.165, 1.54) is 6.07 Å². The number of rotatable bonds is 2. The maximum absolute atomic E-state index is 13.9. The van der Waals surface area contributed by atoms with Crippen LogP contribution in [-0.4, -0.2) is 17.3 Å². The van der Waals surface area contributed by atoms with Gasteiger partial charge >= 0.3 is 0 Å². The minimum absolute atomic E-state index is 0.283. The lowest BCUT2D eigenvalue weighted by Crippen LogP contribution is -2.24. The highest BCUT2D eigenvalue weighted by molar-refractivity contribution is 7.73. The summed E-state index contributed by atoms with van der Waals surface area (Å²) in [4.78, 5) is 4.31. The van der Waals surface area contributed by atoms with Crippen LogP contribution in [0.3, 0.4) is 0 Å². The second kappa shape index (κ2) is 4.66. The highest BCUT2D eigenvalue weighted by Crippen LogP contribution is 2.56. The second-order valence-electron chi connectivity index (χ2n) is 5.97. The Bertz CT molecular complexity index is 731. The van der Waals surface area contributed by atoms with Crippen molar-refractivity contribution in [3.8, 4) is 0 Å². The van der Waals surface area contributed by atoms with Gasteiger partial charge in [-0.25, -0.2) is 4.39 Å². The van der Waals surface area contributed by atoms with Gasteiger partial charge in [-0.1, -0.05) is 19.9 Å². The van der Waals surface area contributed by atoms with E-state index in [1.807, 2.05) is 12.1 Å². The number of hydrogen-bond donors (Lipinski definition) is 0. The van der Waals surface area contributed by atoms with Crippen LogP contribution in [0.5, 0.6) is 0 Å². The number of fused-ring (bicyclic) bond motifs is 1. The maximum Gasteiger partial charge on any atom is 0.145 e. The van der Waals surface area contributed by atoms with Gasteiger partial charge in [0.25, 0.3) is 0 Å². The minimum Gasteiger partial charge on any atom is -0.319 e. The predicted molar refractivity (Wildman–Crippen MR) is 82.1 cm³/mol. The molecule has 1 aliphatic heterocycles. The number of hydrogen-bond acceptors (Lipinski definition) is 2. The third kappa shape index (κ3) is 2.00. The van der Waals surface area contributed by atoms with Crippen LogP contribution < -0.4 is 5.30 Å². The molecule has 0 atom stereocenters. The van der Waals surface area contributed by atoms with Gasteiger partial charge in [0.1, 0.15) is 13.0 Å². The van der Waals surface area contributed by atoms with Gasteiger partial charge in [-0.15, -0.1) is 0 Å². The molecular formula is C16H19FNOP. The quantitative estimate of drug-likeness (QED) is 0.776. The number of nitrogens with zero attached hydrogens (tertiary/aromatic N) is 1. The van der Waals surface area contributed by atoms with Gasteiger partial charge in [-0.05, 0) is 37.0 Å². The van der Waals surface area contributed by atoms with Crippen molar-refractivity contribution in [3.05, 3.63) is 35.3 Å². The summed E-state index contributed by atoms with van der Waals surface area (Å²) in [5, 5.41) is 1.64. The Hall–Kier alpha value is -1.21. The van der Waals surface area contributed by atoms with Crippen LogP contribution in [0.25, 0.3) is 10.9 Å². The second-order valence-corrected chi connectivity index (χ2v) is 9.09. The molecule has 0 N–H and O–H groups in total. The molecule has 0 spiro atoms. The fourth-order valence-electron chi connectivity index (χ4n) is 2.91. The lowest BCUT2D eigenvalue weighted by atomic mass is 10.0. The summed E-state index contributed by atoms with van der Waals surface area (Å²) in [6.07, 6.45) is 2.51.